The van der Waals surface area contributed by atoms with Crippen LogP contribution in [0.2, 0.25) is 0 Å². The van der Waals surface area contributed by atoms with Crippen LogP contribution in [0.25, 0.3) is 0 Å². The lowest BCUT2D eigenvalue weighted by Gasteiger charge is -2.18. The molecule has 2 N–H and O–H groups in total. The number of ether oxygens (including phenoxy) is 1. The molecule has 10 heteroatoms. The maximum atomic E-state index is 12.3. The Bertz CT molecular complexity index is 884. The third-order valence-electron chi connectivity index (χ3n) is 5.24. The molecule has 0 radical (unpaired) electrons. The van der Waals surface area contributed by atoms with Crippen LogP contribution in [0.4, 0.5) is 16.2 Å². The van der Waals surface area contributed by atoms with E-state index >= 15 is 0 Å². The maximum absolute atomic E-state index is 12.3. The first-order chi connectivity index (χ1) is 14.2. The number of esters is 1. The van der Waals surface area contributed by atoms with E-state index in [1.807, 2.05) is 0 Å². The highest BCUT2D eigenvalue weighted by Crippen LogP contribution is 2.23. The second-order valence-corrected chi connectivity index (χ2v) is 7.41. The average Bonchev–Trinajstić information content (AvgIpc) is 3.24. The third kappa shape index (κ3) is 4.42. The van der Waals surface area contributed by atoms with Gasteiger partial charge in [0.05, 0.1) is 0 Å². The number of imide groups is 1. The molecule has 1 aromatic rings. The van der Waals surface area contributed by atoms with Crippen molar-refractivity contribution in [2.75, 3.05) is 29.9 Å². The van der Waals surface area contributed by atoms with Crippen LogP contribution in [-0.2, 0) is 23.9 Å². The monoisotopic (exact) mass is 416 g/mol. The van der Waals surface area contributed by atoms with E-state index in [9.17, 15) is 24.0 Å². The van der Waals surface area contributed by atoms with Crippen molar-refractivity contribution in [1.82, 2.24) is 10.2 Å². The SMILES string of the molecule is CC[C@]1(C)NC(=O)N(CC(=O)OCC(=O)Nc2ccc(N3CCCC3=O)cc2)C1=O. The van der Waals surface area contributed by atoms with Gasteiger partial charge in [0.15, 0.2) is 6.61 Å². The molecule has 1 atom stereocenters. The fraction of sp³-hybridized carbons (Fsp3) is 0.450. The maximum Gasteiger partial charge on any atom is 0.326 e. The lowest BCUT2D eigenvalue weighted by atomic mass is 9.99. The Morgan fingerprint density at radius 3 is 2.47 bits per heavy atom. The third-order valence-corrected chi connectivity index (χ3v) is 5.24. The fourth-order valence-corrected chi connectivity index (χ4v) is 3.29. The van der Waals surface area contributed by atoms with Gasteiger partial charge in [-0.05, 0) is 44.0 Å². The number of hydrogen-bond acceptors (Lipinski definition) is 6. The van der Waals surface area contributed by atoms with Crippen LogP contribution >= 0.6 is 0 Å². The van der Waals surface area contributed by atoms with Gasteiger partial charge in [-0.3, -0.25) is 24.1 Å². The van der Waals surface area contributed by atoms with Crippen molar-refractivity contribution in [2.24, 2.45) is 0 Å². The molecule has 5 amide bonds. The van der Waals surface area contributed by atoms with Crippen molar-refractivity contribution >= 4 is 41.1 Å². The van der Waals surface area contributed by atoms with Crippen molar-refractivity contribution in [3.05, 3.63) is 24.3 Å². The number of urea groups is 1. The largest absolute Gasteiger partial charge is 0.454 e. The number of nitrogens with one attached hydrogen (secondary N) is 2. The molecule has 30 heavy (non-hydrogen) atoms. The Hall–Kier alpha value is -3.43. The van der Waals surface area contributed by atoms with Gasteiger partial charge in [-0.1, -0.05) is 6.92 Å². The molecule has 0 aliphatic carbocycles. The van der Waals surface area contributed by atoms with Crippen LogP contribution in [0.5, 0.6) is 0 Å². The summed E-state index contributed by atoms with van der Waals surface area (Å²) in [6, 6.07) is 6.10. The van der Waals surface area contributed by atoms with Crippen molar-refractivity contribution in [1.29, 1.82) is 0 Å². The van der Waals surface area contributed by atoms with Gasteiger partial charge in [0.25, 0.3) is 11.8 Å². The second kappa shape index (κ2) is 8.52. The number of benzene rings is 1. The van der Waals surface area contributed by atoms with Gasteiger partial charge in [0, 0.05) is 24.3 Å². The molecule has 10 nitrogen and oxygen atoms in total. The smallest absolute Gasteiger partial charge is 0.326 e. The Morgan fingerprint density at radius 2 is 1.90 bits per heavy atom. The number of amides is 5. The summed E-state index contributed by atoms with van der Waals surface area (Å²) in [5.41, 5.74) is 0.203. The van der Waals surface area contributed by atoms with Crippen LogP contribution in [0.3, 0.4) is 0 Å². The minimum absolute atomic E-state index is 0.0723. The fourth-order valence-electron chi connectivity index (χ4n) is 3.29. The van der Waals surface area contributed by atoms with Crippen molar-refractivity contribution in [3.63, 3.8) is 0 Å². The first kappa shape index (κ1) is 21.3. The summed E-state index contributed by atoms with van der Waals surface area (Å²) in [4.78, 5) is 62.4. The van der Waals surface area contributed by atoms with E-state index in [0.717, 1.165) is 17.0 Å². The molecule has 0 spiro atoms. The summed E-state index contributed by atoms with van der Waals surface area (Å²) in [5.74, 6) is -1.86. The molecule has 0 bridgehead atoms. The Balaban J connectivity index is 1.46. The first-order valence-corrected chi connectivity index (χ1v) is 9.73. The van der Waals surface area contributed by atoms with E-state index in [1.165, 1.54) is 0 Å². The van der Waals surface area contributed by atoms with E-state index in [-0.39, 0.29) is 5.91 Å². The number of rotatable bonds is 7. The van der Waals surface area contributed by atoms with Gasteiger partial charge in [-0.2, -0.15) is 0 Å². The highest BCUT2D eigenvalue weighted by Gasteiger charge is 2.47. The number of carbonyl (C=O) groups is 5. The molecule has 2 saturated heterocycles. The molecular weight excluding hydrogens is 392 g/mol. The molecule has 1 aromatic carbocycles. The van der Waals surface area contributed by atoms with Crippen LogP contribution in [0, 0.1) is 0 Å². The molecular formula is C20H24N4O6. The van der Waals surface area contributed by atoms with Crippen LogP contribution in [-0.4, -0.2) is 59.9 Å². The molecule has 2 aliphatic heterocycles. The number of nitrogens with zero attached hydrogens (tertiary/aromatic N) is 2. The van der Waals surface area contributed by atoms with Crippen LogP contribution < -0.4 is 15.5 Å². The highest BCUT2D eigenvalue weighted by atomic mass is 16.5. The van der Waals surface area contributed by atoms with Crippen molar-refractivity contribution in [2.45, 2.75) is 38.6 Å². The molecule has 160 valence electrons. The van der Waals surface area contributed by atoms with E-state index < -0.39 is 42.5 Å². The van der Waals surface area contributed by atoms with E-state index in [2.05, 4.69) is 10.6 Å². The average molecular weight is 416 g/mol. The molecule has 0 aromatic heterocycles. The van der Waals surface area contributed by atoms with Gasteiger partial charge in [0.2, 0.25) is 5.91 Å². The molecule has 2 aliphatic rings. The Morgan fingerprint density at radius 1 is 1.20 bits per heavy atom. The summed E-state index contributed by atoms with van der Waals surface area (Å²) >= 11 is 0. The normalized spacial score (nSPS) is 21.1. The van der Waals surface area contributed by atoms with Gasteiger partial charge >= 0.3 is 12.0 Å². The number of anilines is 2. The molecule has 3 rings (SSSR count). The standard InChI is InChI=1S/C20H24N4O6/c1-3-20(2)18(28)24(19(29)22-20)11-17(27)30-12-15(25)21-13-6-8-14(9-7-13)23-10-4-5-16(23)26/h6-9H,3-5,10-12H2,1-2H3,(H,21,25)(H,22,29)/t20-/m0/s1. The van der Waals surface area contributed by atoms with Gasteiger partial charge in [-0.15, -0.1) is 0 Å². The number of carbonyl (C=O) groups excluding carboxylic acids is 5. The van der Waals surface area contributed by atoms with Crippen molar-refractivity contribution < 1.29 is 28.7 Å². The first-order valence-electron chi connectivity index (χ1n) is 9.73. The molecule has 0 saturated carbocycles. The van der Waals surface area contributed by atoms with Crippen LogP contribution in [0.15, 0.2) is 24.3 Å². The summed E-state index contributed by atoms with van der Waals surface area (Å²) in [6.07, 6.45) is 1.74. The lowest BCUT2D eigenvalue weighted by molar-refractivity contribution is -0.150. The summed E-state index contributed by atoms with van der Waals surface area (Å²) in [7, 11) is 0. The van der Waals surface area contributed by atoms with E-state index in [0.29, 0.717) is 25.1 Å². The Kier molecular flexibility index (Phi) is 6.04. The van der Waals surface area contributed by atoms with Crippen molar-refractivity contribution in [3.8, 4) is 0 Å². The minimum Gasteiger partial charge on any atom is -0.454 e. The quantitative estimate of drug-likeness (QED) is 0.505. The van der Waals surface area contributed by atoms with E-state index in [1.54, 1.807) is 43.0 Å². The van der Waals surface area contributed by atoms with Gasteiger partial charge in [0.1, 0.15) is 12.1 Å². The molecule has 0 unspecified atom stereocenters. The predicted molar refractivity (Wildman–Crippen MR) is 107 cm³/mol. The van der Waals surface area contributed by atoms with Crippen LogP contribution in [0.1, 0.15) is 33.1 Å². The minimum atomic E-state index is -1.04. The zero-order valence-electron chi connectivity index (χ0n) is 16.9. The lowest BCUT2D eigenvalue weighted by Crippen LogP contribution is -2.43. The summed E-state index contributed by atoms with van der Waals surface area (Å²) < 4.78 is 4.88. The Labute approximate surface area is 173 Å². The van der Waals surface area contributed by atoms with Gasteiger partial charge in [-0.25, -0.2) is 4.79 Å². The van der Waals surface area contributed by atoms with E-state index in [4.69, 9.17) is 4.74 Å². The van der Waals surface area contributed by atoms with Gasteiger partial charge < -0.3 is 20.3 Å². The zero-order valence-corrected chi connectivity index (χ0v) is 16.9. The highest BCUT2D eigenvalue weighted by molar-refractivity contribution is 6.08. The topological polar surface area (TPSA) is 125 Å². The predicted octanol–water partition coefficient (Wildman–Crippen LogP) is 1.02. The zero-order chi connectivity index (χ0) is 21.9. The molecule has 2 heterocycles. The summed E-state index contributed by atoms with van der Waals surface area (Å²) in [5, 5.41) is 5.12. The second-order valence-electron chi connectivity index (χ2n) is 7.41. The number of hydrogen-bond donors (Lipinski definition) is 2. The molecule has 2 fully saturated rings. The summed E-state index contributed by atoms with van der Waals surface area (Å²) in [6.45, 7) is 2.89.